The molecule has 1 heterocycles. The van der Waals surface area contributed by atoms with Crippen LogP contribution in [-0.4, -0.2) is 44.5 Å². The van der Waals surface area contributed by atoms with Crippen molar-refractivity contribution in [2.45, 2.75) is 38.0 Å². The second-order valence-electron chi connectivity index (χ2n) is 7.36. The van der Waals surface area contributed by atoms with Crippen molar-refractivity contribution in [3.8, 4) is 0 Å². The van der Waals surface area contributed by atoms with E-state index in [1.54, 1.807) is 25.3 Å². The van der Waals surface area contributed by atoms with E-state index < -0.39 is 15.9 Å². The normalized spacial score (nSPS) is 15.3. The molecule has 1 aliphatic rings. The molecule has 1 N–H and O–H groups in total. The van der Waals surface area contributed by atoms with E-state index in [4.69, 9.17) is 4.84 Å². The van der Waals surface area contributed by atoms with Crippen molar-refractivity contribution in [3.05, 3.63) is 59.2 Å². The van der Waals surface area contributed by atoms with Gasteiger partial charge in [0, 0.05) is 18.8 Å². The molecule has 0 bridgehead atoms. The van der Waals surface area contributed by atoms with E-state index in [2.05, 4.69) is 10.5 Å². The Morgan fingerprint density at radius 1 is 1.10 bits per heavy atom. The summed E-state index contributed by atoms with van der Waals surface area (Å²) in [7, 11) is -3.58. The number of oxime groups is 1. The first-order chi connectivity index (χ1) is 14.4. The molecule has 1 saturated heterocycles. The van der Waals surface area contributed by atoms with E-state index in [1.807, 2.05) is 31.2 Å². The maximum atomic E-state index is 13.0. The topological polar surface area (TPSA) is 88.1 Å². The van der Waals surface area contributed by atoms with Crippen molar-refractivity contribution in [1.29, 1.82) is 0 Å². The molecular formula is C22H27N3O4S. The fraction of sp³-hybridized carbons (Fsp3) is 0.364. The Morgan fingerprint density at radius 3 is 2.57 bits per heavy atom. The van der Waals surface area contributed by atoms with E-state index in [0.717, 1.165) is 30.4 Å². The summed E-state index contributed by atoms with van der Waals surface area (Å²) in [5, 5.41) is 6.50. The zero-order chi connectivity index (χ0) is 21.6. The Balaban J connectivity index is 1.62. The number of carbonyl (C=O) groups is 1. The van der Waals surface area contributed by atoms with Crippen molar-refractivity contribution in [2.24, 2.45) is 5.16 Å². The number of nitrogens with one attached hydrogen (secondary N) is 1. The van der Waals surface area contributed by atoms with Crippen LogP contribution in [0.5, 0.6) is 0 Å². The number of benzene rings is 2. The van der Waals surface area contributed by atoms with Crippen molar-refractivity contribution in [3.63, 3.8) is 0 Å². The van der Waals surface area contributed by atoms with Crippen LogP contribution in [0, 0.1) is 13.8 Å². The molecule has 3 rings (SSSR count). The van der Waals surface area contributed by atoms with Gasteiger partial charge in [0.1, 0.15) is 0 Å². The van der Waals surface area contributed by atoms with Gasteiger partial charge in [0.05, 0.1) is 11.1 Å². The number of amides is 1. The number of sulfonamides is 1. The highest BCUT2D eigenvalue weighted by atomic mass is 32.2. The molecule has 160 valence electrons. The molecule has 0 radical (unpaired) electrons. The third-order valence-electron chi connectivity index (χ3n) is 5.06. The minimum Gasteiger partial charge on any atom is -0.386 e. The maximum absolute atomic E-state index is 13.0. The molecule has 0 unspecified atom stereocenters. The zero-order valence-corrected chi connectivity index (χ0v) is 18.1. The maximum Gasteiger partial charge on any atom is 0.265 e. The molecule has 1 amide bonds. The van der Waals surface area contributed by atoms with Crippen LogP contribution in [0.15, 0.2) is 52.5 Å². The highest BCUT2D eigenvalue weighted by molar-refractivity contribution is 7.89. The summed E-state index contributed by atoms with van der Waals surface area (Å²) >= 11 is 0. The number of piperidine rings is 1. The van der Waals surface area contributed by atoms with E-state index >= 15 is 0 Å². The van der Waals surface area contributed by atoms with Crippen molar-refractivity contribution in [1.82, 2.24) is 4.31 Å². The Bertz CT molecular complexity index is 1030. The van der Waals surface area contributed by atoms with Gasteiger partial charge >= 0.3 is 0 Å². The predicted molar refractivity (Wildman–Crippen MR) is 117 cm³/mol. The van der Waals surface area contributed by atoms with Gasteiger partial charge in [0.2, 0.25) is 10.0 Å². The summed E-state index contributed by atoms with van der Waals surface area (Å²) in [6.45, 7) is 4.51. The summed E-state index contributed by atoms with van der Waals surface area (Å²) < 4.78 is 27.5. The van der Waals surface area contributed by atoms with E-state index in [-0.39, 0.29) is 11.5 Å². The number of rotatable bonds is 7. The van der Waals surface area contributed by atoms with Gasteiger partial charge in [-0.2, -0.15) is 4.31 Å². The van der Waals surface area contributed by atoms with E-state index in [0.29, 0.717) is 24.3 Å². The molecule has 0 aliphatic carbocycles. The Hall–Kier alpha value is -2.71. The third kappa shape index (κ3) is 5.46. The molecular weight excluding hydrogens is 402 g/mol. The summed E-state index contributed by atoms with van der Waals surface area (Å²) in [5.41, 5.74) is 3.02. The molecule has 0 atom stereocenters. The van der Waals surface area contributed by atoms with Gasteiger partial charge in [-0.25, -0.2) is 8.42 Å². The highest BCUT2D eigenvalue weighted by Crippen LogP contribution is 2.26. The molecule has 2 aromatic rings. The first kappa shape index (κ1) is 22.0. The minimum absolute atomic E-state index is 0.223. The lowest BCUT2D eigenvalue weighted by atomic mass is 10.1. The number of nitrogens with zero attached hydrogens (tertiary/aromatic N) is 2. The molecule has 8 heteroatoms. The average molecular weight is 430 g/mol. The van der Waals surface area contributed by atoms with Crippen molar-refractivity contribution >= 4 is 27.8 Å². The SMILES string of the molecule is Cc1ccccc1/C=N/OCC(=O)Nc1ccc(C)c(S(=O)(=O)N2CCCCC2)c1. The van der Waals surface area contributed by atoms with Gasteiger partial charge < -0.3 is 10.2 Å². The fourth-order valence-electron chi connectivity index (χ4n) is 3.32. The fourth-order valence-corrected chi connectivity index (χ4v) is 5.09. The summed E-state index contributed by atoms with van der Waals surface area (Å²) in [4.78, 5) is 17.5. The molecule has 7 nitrogen and oxygen atoms in total. The molecule has 0 saturated carbocycles. The first-order valence-electron chi connectivity index (χ1n) is 9.99. The van der Waals surface area contributed by atoms with Crippen molar-refractivity contribution in [2.75, 3.05) is 25.0 Å². The Kier molecular flexibility index (Phi) is 7.23. The van der Waals surface area contributed by atoms with Crippen LogP contribution in [0.25, 0.3) is 0 Å². The van der Waals surface area contributed by atoms with Gasteiger partial charge in [-0.15, -0.1) is 0 Å². The van der Waals surface area contributed by atoms with Crippen LogP contribution in [-0.2, 0) is 19.7 Å². The van der Waals surface area contributed by atoms with Crippen molar-refractivity contribution < 1.29 is 18.0 Å². The van der Waals surface area contributed by atoms with Crippen LogP contribution in [0.2, 0.25) is 0 Å². The quantitative estimate of drug-likeness (QED) is 0.539. The smallest absolute Gasteiger partial charge is 0.265 e. The Labute approximate surface area is 177 Å². The second kappa shape index (κ2) is 9.86. The second-order valence-corrected chi connectivity index (χ2v) is 9.26. The predicted octanol–water partition coefficient (Wildman–Crippen LogP) is 3.47. The first-order valence-corrected chi connectivity index (χ1v) is 11.4. The number of aryl methyl sites for hydroxylation is 2. The van der Waals surface area contributed by atoms with Crippen LogP contribution in [0.4, 0.5) is 5.69 Å². The van der Waals surface area contributed by atoms with Crippen LogP contribution >= 0.6 is 0 Å². The zero-order valence-electron chi connectivity index (χ0n) is 17.3. The van der Waals surface area contributed by atoms with Gasteiger partial charge in [0.15, 0.2) is 6.61 Å². The standard InChI is InChI=1S/C22H27N3O4S/c1-17-8-4-5-9-19(17)15-23-29-16-22(26)24-20-11-10-18(2)21(14-20)30(27,28)25-12-6-3-7-13-25/h4-5,8-11,14-15H,3,6-7,12-13,16H2,1-2H3,(H,24,26)/b23-15+. The summed E-state index contributed by atoms with van der Waals surface area (Å²) in [5.74, 6) is -0.415. The molecule has 30 heavy (non-hydrogen) atoms. The summed E-state index contributed by atoms with van der Waals surface area (Å²) in [6.07, 6.45) is 4.34. The molecule has 0 aromatic heterocycles. The van der Waals surface area contributed by atoms with Crippen LogP contribution in [0.1, 0.15) is 36.0 Å². The lowest BCUT2D eigenvalue weighted by Crippen LogP contribution is -2.36. The van der Waals surface area contributed by atoms with Gasteiger partial charge in [-0.3, -0.25) is 4.79 Å². The number of hydrogen-bond acceptors (Lipinski definition) is 5. The van der Waals surface area contributed by atoms with Gasteiger partial charge in [-0.05, 0) is 55.5 Å². The van der Waals surface area contributed by atoms with Gasteiger partial charge in [0.25, 0.3) is 5.91 Å². The van der Waals surface area contributed by atoms with E-state index in [1.165, 1.54) is 10.4 Å². The highest BCUT2D eigenvalue weighted by Gasteiger charge is 2.27. The number of anilines is 1. The van der Waals surface area contributed by atoms with Crippen LogP contribution in [0.3, 0.4) is 0 Å². The monoisotopic (exact) mass is 429 g/mol. The van der Waals surface area contributed by atoms with E-state index in [9.17, 15) is 13.2 Å². The molecule has 2 aromatic carbocycles. The largest absolute Gasteiger partial charge is 0.386 e. The minimum atomic E-state index is -3.58. The Morgan fingerprint density at radius 2 is 1.83 bits per heavy atom. The van der Waals surface area contributed by atoms with Crippen LogP contribution < -0.4 is 5.32 Å². The third-order valence-corrected chi connectivity index (χ3v) is 7.10. The lowest BCUT2D eigenvalue weighted by molar-refractivity contribution is -0.120. The molecule has 1 fully saturated rings. The van der Waals surface area contributed by atoms with Gasteiger partial charge in [-0.1, -0.05) is 41.9 Å². The summed E-state index contributed by atoms with van der Waals surface area (Å²) in [6, 6.07) is 12.6. The number of hydrogen-bond donors (Lipinski definition) is 1. The lowest BCUT2D eigenvalue weighted by Gasteiger charge is -2.26. The molecule has 0 spiro atoms. The average Bonchev–Trinajstić information content (AvgIpc) is 2.74. The number of carbonyl (C=O) groups excluding carboxylic acids is 1. The molecule has 1 aliphatic heterocycles.